The summed E-state index contributed by atoms with van der Waals surface area (Å²) in [6.07, 6.45) is 2.92. The zero-order valence-corrected chi connectivity index (χ0v) is 10.1. The topological polar surface area (TPSA) is 21.3 Å². The van der Waals surface area contributed by atoms with Gasteiger partial charge < -0.3 is 10.1 Å². The lowest BCUT2D eigenvalue weighted by Gasteiger charge is -2.21. The number of alkyl halides is 1. The van der Waals surface area contributed by atoms with Crippen molar-refractivity contribution in [3.8, 4) is 0 Å². The summed E-state index contributed by atoms with van der Waals surface area (Å²) in [4.78, 5) is 0. The minimum Gasteiger partial charge on any atom is -0.377 e. The Morgan fingerprint density at radius 1 is 1.54 bits per heavy atom. The number of halogens is 1. The molecular formula is C10H20BrNO. The molecule has 1 fully saturated rings. The van der Waals surface area contributed by atoms with E-state index in [-0.39, 0.29) is 0 Å². The Hall–Kier alpha value is 0.400. The van der Waals surface area contributed by atoms with Crippen LogP contribution in [0.15, 0.2) is 0 Å². The monoisotopic (exact) mass is 249 g/mol. The van der Waals surface area contributed by atoms with Crippen LogP contribution in [0.5, 0.6) is 0 Å². The highest BCUT2D eigenvalue weighted by atomic mass is 79.9. The van der Waals surface area contributed by atoms with Crippen molar-refractivity contribution in [1.29, 1.82) is 0 Å². The summed E-state index contributed by atoms with van der Waals surface area (Å²) in [7, 11) is 0. The van der Waals surface area contributed by atoms with Gasteiger partial charge in [0, 0.05) is 24.5 Å². The van der Waals surface area contributed by atoms with Crippen LogP contribution in [-0.4, -0.2) is 30.6 Å². The third kappa shape index (κ3) is 3.96. The molecule has 0 aromatic heterocycles. The first-order valence-corrected chi connectivity index (χ1v) is 6.27. The Morgan fingerprint density at radius 2 is 2.31 bits per heavy atom. The van der Waals surface area contributed by atoms with Gasteiger partial charge in [-0.3, -0.25) is 0 Å². The first-order valence-electron chi connectivity index (χ1n) is 5.15. The molecule has 2 nitrogen and oxygen atoms in total. The Bertz CT molecular complexity index is 137. The van der Waals surface area contributed by atoms with E-state index in [4.69, 9.17) is 4.74 Å². The number of hydrogen-bond donors (Lipinski definition) is 1. The van der Waals surface area contributed by atoms with Gasteiger partial charge in [0.2, 0.25) is 0 Å². The summed E-state index contributed by atoms with van der Waals surface area (Å²) in [5, 5.41) is 4.58. The maximum absolute atomic E-state index is 5.54. The summed E-state index contributed by atoms with van der Waals surface area (Å²) in [5.74, 6) is 0.682. The third-order valence-corrected chi connectivity index (χ3v) is 3.81. The zero-order valence-electron chi connectivity index (χ0n) is 8.55. The van der Waals surface area contributed by atoms with Crippen LogP contribution in [0, 0.1) is 5.92 Å². The van der Waals surface area contributed by atoms with E-state index in [9.17, 15) is 0 Å². The van der Waals surface area contributed by atoms with Crippen LogP contribution in [0.25, 0.3) is 0 Å². The van der Waals surface area contributed by atoms with Gasteiger partial charge in [0.15, 0.2) is 0 Å². The van der Waals surface area contributed by atoms with Gasteiger partial charge in [-0.2, -0.15) is 0 Å². The van der Waals surface area contributed by atoms with Crippen molar-refractivity contribution in [2.75, 3.05) is 18.5 Å². The molecule has 0 bridgehead atoms. The van der Waals surface area contributed by atoms with Crippen LogP contribution in [0.4, 0.5) is 0 Å². The number of ether oxygens (including phenoxy) is 1. The summed E-state index contributed by atoms with van der Waals surface area (Å²) in [6.45, 7) is 6.45. The van der Waals surface area contributed by atoms with Crippen molar-refractivity contribution in [2.45, 2.75) is 38.8 Å². The van der Waals surface area contributed by atoms with Crippen molar-refractivity contribution in [2.24, 2.45) is 5.92 Å². The highest BCUT2D eigenvalue weighted by Crippen LogP contribution is 2.12. The molecule has 3 unspecified atom stereocenters. The second kappa shape index (κ2) is 5.99. The molecule has 13 heavy (non-hydrogen) atoms. The predicted molar refractivity (Wildman–Crippen MR) is 59.4 cm³/mol. The fraction of sp³-hybridized carbons (Fsp3) is 1.00. The van der Waals surface area contributed by atoms with Crippen LogP contribution in [-0.2, 0) is 4.74 Å². The first-order chi connectivity index (χ1) is 6.24. The van der Waals surface area contributed by atoms with Crippen LogP contribution >= 0.6 is 15.9 Å². The largest absolute Gasteiger partial charge is 0.377 e. The number of nitrogens with one attached hydrogen (secondary N) is 1. The van der Waals surface area contributed by atoms with Crippen molar-refractivity contribution in [3.05, 3.63) is 0 Å². The van der Waals surface area contributed by atoms with Crippen molar-refractivity contribution in [3.63, 3.8) is 0 Å². The fourth-order valence-corrected chi connectivity index (χ4v) is 2.02. The van der Waals surface area contributed by atoms with E-state index in [2.05, 4.69) is 35.1 Å². The molecule has 78 valence electrons. The van der Waals surface area contributed by atoms with E-state index >= 15 is 0 Å². The average Bonchev–Trinajstić information content (AvgIpc) is 2.65. The van der Waals surface area contributed by atoms with Gasteiger partial charge in [0.05, 0.1) is 6.10 Å². The molecule has 0 radical (unpaired) electrons. The van der Waals surface area contributed by atoms with Gasteiger partial charge in [-0.05, 0) is 25.7 Å². The van der Waals surface area contributed by atoms with Gasteiger partial charge in [-0.25, -0.2) is 0 Å². The molecule has 1 aliphatic rings. The normalized spacial score (nSPS) is 27.5. The molecule has 3 atom stereocenters. The quantitative estimate of drug-likeness (QED) is 0.755. The maximum Gasteiger partial charge on any atom is 0.0700 e. The number of hydrogen-bond acceptors (Lipinski definition) is 2. The Kier molecular flexibility index (Phi) is 5.29. The van der Waals surface area contributed by atoms with Crippen LogP contribution < -0.4 is 5.32 Å². The Labute approximate surface area is 89.5 Å². The van der Waals surface area contributed by atoms with Crippen molar-refractivity contribution in [1.82, 2.24) is 5.32 Å². The van der Waals surface area contributed by atoms with E-state index < -0.39 is 0 Å². The summed E-state index contributed by atoms with van der Waals surface area (Å²) in [6, 6.07) is 0.573. The van der Waals surface area contributed by atoms with E-state index in [1.165, 1.54) is 12.8 Å². The van der Waals surface area contributed by atoms with E-state index in [1.807, 2.05) is 0 Å². The van der Waals surface area contributed by atoms with Gasteiger partial charge in [-0.1, -0.05) is 22.9 Å². The molecule has 0 aromatic rings. The second-order valence-corrected chi connectivity index (χ2v) is 4.61. The SMILES string of the molecule is CC(CBr)C(C)NCC1CCCO1. The van der Waals surface area contributed by atoms with Gasteiger partial charge >= 0.3 is 0 Å². The Balaban J connectivity index is 2.10. The third-order valence-electron chi connectivity index (χ3n) is 2.79. The smallest absolute Gasteiger partial charge is 0.0700 e. The average molecular weight is 250 g/mol. The van der Waals surface area contributed by atoms with Gasteiger partial charge in [0.25, 0.3) is 0 Å². The lowest BCUT2D eigenvalue weighted by Crippen LogP contribution is -2.37. The summed E-state index contributed by atoms with van der Waals surface area (Å²) >= 11 is 3.50. The van der Waals surface area contributed by atoms with E-state index in [0.29, 0.717) is 18.1 Å². The summed E-state index contributed by atoms with van der Waals surface area (Å²) in [5.41, 5.74) is 0. The molecule has 0 spiro atoms. The molecule has 1 heterocycles. The minimum atomic E-state index is 0.463. The van der Waals surface area contributed by atoms with E-state index in [0.717, 1.165) is 18.5 Å². The minimum absolute atomic E-state index is 0.463. The number of rotatable bonds is 5. The molecule has 1 saturated heterocycles. The summed E-state index contributed by atoms with van der Waals surface area (Å²) < 4.78 is 5.54. The van der Waals surface area contributed by atoms with E-state index in [1.54, 1.807) is 0 Å². The lowest BCUT2D eigenvalue weighted by atomic mass is 10.1. The highest BCUT2D eigenvalue weighted by Gasteiger charge is 2.17. The lowest BCUT2D eigenvalue weighted by molar-refractivity contribution is 0.106. The molecule has 0 aliphatic carbocycles. The predicted octanol–water partition coefficient (Wildman–Crippen LogP) is 2.17. The molecule has 0 amide bonds. The highest BCUT2D eigenvalue weighted by molar-refractivity contribution is 9.09. The molecule has 0 aromatic carbocycles. The molecule has 3 heteroatoms. The van der Waals surface area contributed by atoms with Crippen LogP contribution in [0.2, 0.25) is 0 Å². The zero-order chi connectivity index (χ0) is 9.68. The fourth-order valence-electron chi connectivity index (χ4n) is 1.46. The Morgan fingerprint density at radius 3 is 2.85 bits per heavy atom. The van der Waals surface area contributed by atoms with Gasteiger partial charge in [-0.15, -0.1) is 0 Å². The second-order valence-electron chi connectivity index (χ2n) is 3.96. The van der Waals surface area contributed by atoms with Crippen molar-refractivity contribution < 1.29 is 4.74 Å². The molecule has 1 aliphatic heterocycles. The molecule has 1 rings (SSSR count). The van der Waals surface area contributed by atoms with Crippen LogP contribution in [0.3, 0.4) is 0 Å². The standard InChI is InChI=1S/C10H20BrNO/c1-8(6-11)9(2)12-7-10-4-3-5-13-10/h8-10,12H,3-7H2,1-2H3. The van der Waals surface area contributed by atoms with Gasteiger partial charge in [0.1, 0.15) is 0 Å². The first kappa shape index (κ1) is 11.5. The molecular weight excluding hydrogens is 230 g/mol. The maximum atomic E-state index is 5.54. The van der Waals surface area contributed by atoms with Crippen molar-refractivity contribution >= 4 is 15.9 Å². The molecule has 1 N–H and O–H groups in total. The van der Waals surface area contributed by atoms with Crippen LogP contribution in [0.1, 0.15) is 26.7 Å². The molecule has 0 saturated carbocycles.